The molecule has 0 radical (unpaired) electrons. The topological polar surface area (TPSA) is 148 Å². The molecule has 2 aromatic heterocycles. The fourth-order valence-corrected chi connectivity index (χ4v) is 6.78. The van der Waals surface area contributed by atoms with E-state index in [0.717, 1.165) is 38.8 Å². The number of nitrogens with one attached hydrogen (secondary N) is 3. The average molecular weight is 633 g/mol. The molecule has 0 saturated carbocycles. The summed E-state index contributed by atoms with van der Waals surface area (Å²) < 4.78 is 1.95. The number of benzene rings is 3. The van der Waals surface area contributed by atoms with Crippen LogP contribution in [0.2, 0.25) is 0 Å². The third-order valence-electron chi connectivity index (χ3n) is 9.18. The van der Waals surface area contributed by atoms with E-state index in [4.69, 9.17) is 0 Å². The van der Waals surface area contributed by atoms with Crippen molar-refractivity contribution in [3.8, 4) is 0 Å². The van der Waals surface area contributed by atoms with Crippen LogP contribution in [0.4, 0.5) is 15.3 Å². The number of hydrogen-bond acceptors (Lipinski definition) is 5. The number of urea groups is 2. The number of rotatable bonds is 8. The zero-order valence-electron chi connectivity index (χ0n) is 26.0. The highest BCUT2D eigenvalue weighted by atomic mass is 16.4. The lowest BCUT2D eigenvalue weighted by molar-refractivity contribution is 0.0696. The van der Waals surface area contributed by atoms with Gasteiger partial charge in [-0.1, -0.05) is 36.4 Å². The lowest BCUT2D eigenvalue weighted by atomic mass is 10.00. The highest BCUT2D eigenvalue weighted by molar-refractivity contribution is 5.92. The summed E-state index contributed by atoms with van der Waals surface area (Å²) in [7, 11) is 0. The summed E-state index contributed by atoms with van der Waals surface area (Å²) in [5.41, 5.74) is 6.03. The number of imidazole rings is 1. The second-order valence-corrected chi connectivity index (χ2v) is 12.3. The van der Waals surface area contributed by atoms with Crippen LogP contribution in [0.3, 0.4) is 0 Å². The number of carboxylic acid groups (broad SMARTS) is 1. The lowest BCUT2D eigenvalue weighted by Gasteiger charge is -2.40. The third kappa shape index (κ3) is 6.26. The molecule has 4 N–H and O–H groups in total. The van der Waals surface area contributed by atoms with Crippen molar-refractivity contribution in [1.29, 1.82) is 0 Å². The van der Waals surface area contributed by atoms with Crippen LogP contribution < -0.4 is 10.6 Å². The molecule has 1 saturated heterocycles. The van der Waals surface area contributed by atoms with Crippen LogP contribution >= 0.6 is 0 Å². The number of aromatic amines is 1. The van der Waals surface area contributed by atoms with Crippen LogP contribution in [0.1, 0.15) is 57.3 Å². The summed E-state index contributed by atoms with van der Waals surface area (Å²) in [6, 6.07) is 18.1. The van der Waals surface area contributed by atoms with Gasteiger partial charge in [-0.2, -0.15) is 5.10 Å². The Kier molecular flexibility index (Phi) is 8.07. The summed E-state index contributed by atoms with van der Waals surface area (Å²) in [4.78, 5) is 46.7. The molecule has 47 heavy (non-hydrogen) atoms. The van der Waals surface area contributed by atoms with Crippen LogP contribution in [-0.4, -0.2) is 71.8 Å². The maximum absolute atomic E-state index is 13.8. The second kappa shape index (κ2) is 12.6. The van der Waals surface area contributed by atoms with E-state index in [-0.39, 0.29) is 23.7 Å². The van der Waals surface area contributed by atoms with Gasteiger partial charge in [-0.25, -0.2) is 19.4 Å². The zero-order valence-corrected chi connectivity index (χ0v) is 26.0. The summed E-state index contributed by atoms with van der Waals surface area (Å²) >= 11 is 0. The van der Waals surface area contributed by atoms with E-state index in [9.17, 15) is 19.5 Å². The van der Waals surface area contributed by atoms with Gasteiger partial charge in [-0.3, -0.25) is 5.10 Å². The Morgan fingerprint density at radius 2 is 1.89 bits per heavy atom. The molecule has 0 spiro atoms. The monoisotopic (exact) mass is 632 g/mol. The minimum absolute atomic E-state index is 0.0355. The van der Waals surface area contributed by atoms with Crippen LogP contribution in [0, 0.1) is 6.92 Å². The molecular formula is C35H36N8O4. The van der Waals surface area contributed by atoms with Crippen LogP contribution in [0.5, 0.6) is 0 Å². The number of likely N-dealkylation sites (tertiary alicyclic amines) is 1. The number of carbonyl (C=O) groups is 3. The Bertz CT molecular complexity index is 1960. The largest absolute Gasteiger partial charge is 0.478 e. The molecule has 1 atom stereocenters. The fourth-order valence-electron chi connectivity index (χ4n) is 6.78. The number of anilines is 1. The maximum Gasteiger partial charge on any atom is 0.335 e. The van der Waals surface area contributed by atoms with Crippen molar-refractivity contribution in [2.45, 2.75) is 51.4 Å². The Morgan fingerprint density at radius 1 is 1.06 bits per heavy atom. The van der Waals surface area contributed by atoms with Gasteiger partial charge >= 0.3 is 18.0 Å². The van der Waals surface area contributed by atoms with Crippen molar-refractivity contribution in [3.63, 3.8) is 0 Å². The van der Waals surface area contributed by atoms with Gasteiger partial charge in [0.05, 0.1) is 23.3 Å². The van der Waals surface area contributed by atoms with Crippen molar-refractivity contribution >= 4 is 34.6 Å². The third-order valence-corrected chi connectivity index (χ3v) is 9.18. The van der Waals surface area contributed by atoms with E-state index >= 15 is 0 Å². The average Bonchev–Trinajstić information content (AvgIpc) is 3.74. The summed E-state index contributed by atoms with van der Waals surface area (Å²) in [5, 5.41) is 24.0. The van der Waals surface area contributed by atoms with Gasteiger partial charge in [0.25, 0.3) is 0 Å². The Balaban J connectivity index is 1.09. The number of aromatic nitrogens is 4. The van der Waals surface area contributed by atoms with Crippen LogP contribution in [0.25, 0.3) is 10.9 Å². The molecule has 12 nitrogen and oxygen atoms in total. The van der Waals surface area contributed by atoms with Gasteiger partial charge in [0.2, 0.25) is 0 Å². The van der Waals surface area contributed by atoms with Gasteiger partial charge in [-0.05, 0) is 72.7 Å². The highest BCUT2D eigenvalue weighted by Gasteiger charge is 2.33. The van der Waals surface area contributed by atoms with Crippen molar-refractivity contribution in [3.05, 3.63) is 113 Å². The molecule has 240 valence electrons. The first kappa shape index (κ1) is 30.0. The van der Waals surface area contributed by atoms with Gasteiger partial charge in [0, 0.05) is 55.7 Å². The summed E-state index contributed by atoms with van der Waals surface area (Å²) in [6.07, 6.45) is 7.19. The number of carbonyl (C=O) groups excluding carboxylic acids is 2. The molecule has 0 aliphatic carbocycles. The smallest absolute Gasteiger partial charge is 0.335 e. The van der Waals surface area contributed by atoms with E-state index in [1.807, 2.05) is 57.8 Å². The highest BCUT2D eigenvalue weighted by Crippen LogP contribution is 2.28. The number of aryl methyl sites for hydroxylation is 1. The summed E-state index contributed by atoms with van der Waals surface area (Å²) in [6.45, 7) is 4.02. The number of piperidine rings is 1. The zero-order chi connectivity index (χ0) is 32.5. The predicted molar refractivity (Wildman–Crippen MR) is 176 cm³/mol. The SMILES string of the molecule is Cc1cc(CC(NC(=O)N2CCC(N3Cc4ccccc4NC3=O)CC2)c2nccn2Cc2cccc(C(=O)O)c2)cc2cn[nH]c12. The molecule has 1 unspecified atom stereocenters. The first-order chi connectivity index (χ1) is 22.8. The number of carboxylic acids is 1. The van der Waals surface area contributed by atoms with Gasteiger partial charge < -0.3 is 30.1 Å². The normalized spacial score (nSPS) is 15.7. The number of fused-ring (bicyclic) bond motifs is 2. The van der Waals surface area contributed by atoms with Gasteiger partial charge in [-0.15, -0.1) is 0 Å². The number of hydrogen-bond donors (Lipinski definition) is 4. The number of aromatic carboxylic acids is 1. The van der Waals surface area contributed by atoms with E-state index in [1.54, 1.807) is 30.6 Å². The van der Waals surface area contributed by atoms with Crippen molar-refractivity contribution in [1.82, 2.24) is 34.9 Å². The molecule has 12 heteroatoms. The van der Waals surface area contributed by atoms with E-state index in [0.29, 0.717) is 51.3 Å². The molecule has 7 rings (SSSR count). The molecule has 4 heterocycles. The molecule has 4 amide bonds. The quantitative estimate of drug-likeness (QED) is 0.182. The van der Waals surface area contributed by atoms with Crippen LogP contribution in [-0.2, 0) is 19.5 Å². The summed E-state index contributed by atoms with van der Waals surface area (Å²) in [5.74, 6) is -0.315. The predicted octanol–water partition coefficient (Wildman–Crippen LogP) is 5.32. The molecule has 0 bridgehead atoms. The van der Waals surface area contributed by atoms with Gasteiger partial charge in [0.1, 0.15) is 5.82 Å². The number of nitrogens with zero attached hydrogens (tertiary/aromatic N) is 5. The first-order valence-electron chi connectivity index (χ1n) is 15.8. The molecule has 5 aromatic rings. The van der Waals surface area contributed by atoms with E-state index in [2.05, 4.69) is 37.9 Å². The van der Waals surface area contributed by atoms with Crippen molar-refractivity contribution in [2.75, 3.05) is 18.4 Å². The Morgan fingerprint density at radius 3 is 2.72 bits per heavy atom. The van der Waals surface area contributed by atoms with Crippen molar-refractivity contribution < 1.29 is 19.5 Å². The number of para-hydroxylation sites is 1. The first-order valence-corrected chi connectivity index (χ1v) is 15.8. The number of H-pyrrole nitrogens is 1. The van der Waals surface area contributed by atoms with Crippen LogP contribution in [0.15, 0.2) is 79.3 Å². The van der Waals surface area contributed by atoms with Crippen molar-refractivity contribution in [2.24, 2.45) is 0 Å². The van der Waals surface area contributed by atoms with Gasteiger partial charge in [0.15, 0.2) is 0 Å². The number of amides is 4. The Labute approximate surface area is 271 Å². The molecular weight excluding hydrogens is 596 g/mol. The maximum atomic E-state index is 13.8. The fraction of sp³-hybridized carbons (Fsp3) is 0.286. The lowest BCUT2D eigenvalue weighted by Crippen LogP contribution is -2.53. The Hall–Kier alpha value is -5.65. The minimum atomic E-state index is -0.984. The van der Waals surface area contributed by atoms with E-state index < -0.39 is 12.0 Å². The second-order valence-electron chi connectivity index (χ2n) is 12.3. The minimum Gasteiger partial charge on any atom is -0.478 e. The molecule has 2 aliphatic heterocycles. The molecule has 2 aliphatic rings. The van der Waals surface area contributed by atoms with E-state index in [1.165, 1.54) is 0 Å². The standard InChI is InChI=1S/C35H36N8O4/c1-22-15-24(17-27-19-37-40-31(22)27)18-30(32-36-11-14-42(32)20-23-5-4-7-25(16-23)33(44)45)39-34(46)41-12-9-28(10-13-41)43-21-26-6-2-3-8-29(26)38-35(43)47/h2-8,11,14-17,19,28,30H,9-10,12-13,18,20-21H2,1H3,(H,37,40)(H,38,47)(H,39,46)(H,44,45). The molecule has 1 fully saturated rings. The molecule has 3 aromatic carbocycles.